The molecule has 2 N–H and O–H groups in total. The number of hydrogen-bond acceptors (Lipinski definition) is 5. The van der Waals surface area contributed by atoms with Gasteiger partial charge in [0.2, 0.25) is 0 Å². The van der Waals surface area contributed by atoms with Crippen LogP contribution >= 0.6 is 0 Å². The molecule has 0 radical (unpaired) electrons. The molecule has 0 aliphatic rings. The summed E-state index contributed by atoms with van der Waals surface area (Å²) in [6, 6.07) is 5.89. The van der Waals surface area contributed by atoms with Gasteiger partial charge in [0, 0.05) is 12.1 Å². The fourth-order valence-corrected chi connectivity index (χ4v) is 2.22. The van der Waals surface area contributed by atoms with E-state index in [9.17, 15) is 0 Å². The van der Waals surface area contributed by atoms with Gasteiger partial charge in [-0.25, -0.2) is 0 Å². The van der Waals surface area contributed by atoms with E-state index in [1.807, 2.05) is 6.07 Å². The molecule has 0 spiro atoms. The Morgan fingerprint density at radius 1 is 1.19 bits per heavy atom. The molecule has 2 aromatic rings. The van der Waals surface area contributed by atoms with Crippen molar-refractivity contribution >= 4 is 0 Å². The summed E-state index contributed by atoms with van der Waals surface area (Å²) in [6.07, 6.45) is 0. The van der Waals surface area contributed by atoms with Crippen LogP contribution in [0.1, 0.15) is 36.8 Å². The first-order valence-corrected chi connectivity index (χ1v) is 7.44. The van der Waals surface area contributed by atoms with Crippen molar-refractivity contribution in [3.05, 3.63) is 35.2 Å². The van der Waals surface area contributed by atoms with E-state index in [2.05, 4.69) is 54.9 Å². The van der Waals surface area contributed by atoms with Gasteiger partial charge in [-0.15, -0.1) is 0 Å². The van der Waals surface area contributed by atoms with Gasteiger partial charge >= 0.3 is 0 Å². The molecular weight excluding hydrogens is 264 g/mol. The van der Waals surface area contributed by atoms with Crippen molar-refractivity contribution in [2.45, 2.75) is 33.7 Å². The molecule has 0 amide bonds. The van der Waals surface area contributed by atoms with Crippen LogP contribution in [0.25, 0.3) is 11.5 Å². The van der Waals surface area contributed by atoms with Crippen molar-refractivity contribution in [2.24, 2.45) is 5.73 Å². The molecule has 5 heteroatoms. The predicted octanol–water partition coefficient (Wildman–Crippen LogP) is 2.70. The maximum absolute atomic E-state index is 6.17. The Labute approximate surface area is 126 Å². The maximum Gasteiger partial charge on any atom is 0.257 e. The Hall–Kier alpha value is -1.72. The molecule has 0 fully saturated rings. The first-order valence-electron chi connectivity index (χ1n) is 7.44. The van der Waals surface area contributed by atoms with E-state index in [0.717, 1.165) is 25.2 Å². The van der Waals surface area contributed by atoms with Gasteiger partial charge in [-0.3, -0.25) is 0 Å². The predicted molar refractivity (Wildman–Crippen MR) is 83.9 cm³/mol. The van der Waals surface area contributed by atoms with Crippen molar-refractivity contribution in [3.8, 4) is 11.5 Å². The van der Waals surface area contributed by atoms with Gasteiger partial charge in [0.25, 0.3) is 5.89 Å². The average Bonchev–Trinajstić information content (AvgIpc) is 2.97. The van der Waals surface area contributed by atoms with Crippen molar-refractivity contribution in [1.82, 2.24) is 15.0 Å². The Balaban J connectivity index is 2.15. The SMILES string of the molecule is CCN(CC)CC(N)c1noc(-c2ccc(C)c(C)c2)n1. The number of likely N-dealkylation sites (N-methyl/N-ethyl adjacent to an activating group) is 1. The topological polar surface area (TPSA) is 68.2 Å². The van der Waals surface area contributed by atoms with Crippen molar-refractivity contribution in [3.63, 3.8) is 0 Å². The molecule has 2 rings (SSSR count). The number of nitrogens with two attached hydrogens (primary N) is 1. The van der Waals surface area contributed by atoms with Crippen LogP contribution in [-0.2, 0) is 0 Å². The summed E-state index contributed by atoms with van der Waals surface area (Å²) >= 11 is 0. The lowest BCUT2D eigenvalue weighted by atomic mass is 10.1. The third kappa shape index (κ3) is 3.68. The maximum atomic E-state index is 6.17. The molecule has 0 aliphatic carbocycles. The van der Waals surface area contributed by atoms with E-state index in [-0.39, 0.29) is 6.04 Å². The minimum atomic E-state index is -0.228. The largest absolute Gasteiger partial charge is 0.334 e. The van der Waals surface area contributed by atoms with Gasteiger partial charge in [-0.2, -0.15) is 4.98 Å². The molecule has 114 valence electrons. The van der Waals surface area contributed by atoms with Gasteiger partial charge in [-0.1, -0.05) is 25.1 Å². The van der Waals surface area contributed by atoms with Crippen molar-refractivity contribution in [2.75, 3.05) is 19.6 Å². The second kappa shape index (κ2) is 6.83. The molecule has 1 atom stereocenters. The summed E-state index contributed by atoms with van der Waals surface area (Å²) in [5, 5.41) is 4.03. The Kier molecular flexibility index (Phi) is 5.09. The summed E-state index contributed by atoms with van der Waals surface area (Å²) in [7, 11) is 0. The molecule has 0 saturated carbocycles. The number of nitrogens with zero attached hydrogens (tertiary/aromatic N) is 3. The van der Waals surface area contributed by atoms with Crippen LogP contribution in [0.15, 0.2) is 22.7 Å². The molecule has 1 aromatic carbocycles. The number of rotatable bonds is 6. The fraction of sp³-hybridized carbons (Fsp3) is 0.500. The molecule has 1 heterocycles. The monoisotopic (exact) mass is 288 g/mol. The standard InChI is InChI=1S/C16H24N4O/c1-5-20(6-2)10-14(17)15-18-16(21-19-15)13-8-7-11(3)12(4)9-13/h7-9,14H,5-6,10,17H2,1-4H3. The molecule has 1 unspecified atom stereocenters. The van der Waals surface area contributed by atoms with E-state index in [1.165, 1.54) is 11.1 Å². The third-order valence-electron chi connectivity index (χ3n) is 3.88. The summed E-state index contributed by atoms with van der Waals surface area (Å²) in [4.78, 5) is 6.69. The van der Waals surface area contributed by atoms with Crippen molar-refractivity contribution < 1.29 is 4.52 Å². The Morgan fingerprint density at radius 2 is 1.90 bits per heavy atom. The van der Waals surface area contributed by atoms with Gasteiger partial charge in [0.15, 0.2) is 5.82 Å². The van der Waals surface area contributed by atoms with E-state index >= 15 is 0 Å². The zero-order chi connectivity index (χ0) is 15.4. The van der Waals surface area contributed by atoms with Crippen LogP contribution in [0.3, 0.4) is 0 Å². The number of aryl methyl sites for hydroxylation is 2. The molecular formula is C16H24N4O. The summed E-state index contributed by atoms with van der Waals surface area (Å²) < 4.78 is 5.36. The van der Waals surface area contributed by atoms with Crippen molar-refractivity contribution in [1.29, 1.82) is 0 Å². The van der Waals surface area contributed by atoms with E-state index in [0.29, 0.717) is 11.7 Å². The zero-order valence-corrected chi connectivity index (χ0v) is 13.3. The first-order chi connectivity index (χ1) is 10.0. The molecule has 1 aromatic heterocycles. The van der Waals surface area contributed by atoms with E-state index in [4.69, 9.17) is 10.3 Å². The second-order valence-electron chi connectivity index (χ2n) is 5.35. The van der Waals surface area contributed by atoms with Crippen LogP contribution in [0.4, 0.5) is 0 Å². The van der Waals surface area contributed by atoms with Gasteiger partial charge in [-0.05, 0) is 50.2 Å². The minimum Gasteiger partial charge on any atom is -0.334 e. The highest BCUT2D eigenvalue weighted by Gasteiger charge is 2.17. The first kappa shape index (κ1) is 15.7. The lowest BCUT2D eigenvalue weighted by Crippen LogP contribution is -2.32. The fourth-order valence-electron chi connectivity index (χ4n) is 2.22. The van der Waals surface area contributed by atoms with E-state index in [1.54, 1.807) is 0 Å². The molecule has 5 nitrogen and oxygen atoms in total. The molecule has 0 aliphatic heterocycles. The lowest BCUT2D eigenvalue weighted by molar-refractivity contribution is 0.278. The highest BCUT2D eigenvalue weighted by molar-refractivity contribution is 5.55. The smallest absolute Gasteiger partial charge is 0.257 e. The number of aromatic nitrogens is 2. The number of hydrogen-bond donors (Lipinski definition) is 1. The summed E-state index contributed by atoms with van der Waals surface area (Å²) in [5.41, 5.74) is 9.56. The van der Waals surface area contributed by atoms with E-state index < -0.39 is 0 Å². The lowest BCUT2D eigenvalue weighted by Gasteiger charge is -2.20. The minimum absolute atomic E-state index is 0.228. The van der Waals surface area contributed by atoms with Crippen LogP contribution in [0.5, 0.6) is 0 Å². The normalized spacial score (nSPS) is 12.9. The third-order valence-corrected chi connectivity index (χ3v) is 3.88. The highest BCUT2D eigenvalue weighted by atomic mass is 16.5. The molecule has 0 bridgehead atoms. The molecule has 21 heavy (non-hydrogen) atoms. The zero-order valence-electron chi connectivity index (χ0n) is 13.3. The van der Waals surface area contributed by atoms with Gasteiger partial charge in [0.1, 0.15) is 0 Å². The molecule has 0 saturated heterocycles. The van der Waals surface area contributed by atoms with Crippen LogP contribution in [0, 0.1) is 13.8 Å². The Morgan fingerprint density at radius 3 is 2.52 bits per heavy atom. The summed E-state index contributed by atoms with van der Waals surface area (Å²) in [5.74, 6) is 1.10. The second-order valence-corrected chi connectivity index (χ2v) is 5.35. The van der Waals surface area contributed by atoms with Crippen LogP contribution < -0.4 is 5.73 Å². The Bertz CT molecular complexity index is 590. The number of benzene rings is 1. The highest BCUT2D eigenvalue weighted by Crippen LogP contribution is 2.21. The van der Waals surface area contributed by atoms with Gasteiger partial charge in [0.05, 0.1) is 6.04 Å². The quantitative estimate of drug-likeness (QED) is 0.885. The average molecular weight is 288 g/mol. The van der Waals surface area contributed by atoms with Crippen LogP contribution in [-0.4, -0.2) is 34.7 Å². The van der Waals surface area contributed by atoms with Crippen LogP contribution in [0.2, 0.25) is 0 Å². The summed E-state index contributed by atoms with van der Waals surface area (Å²) in [6.45, 7) is 11.1. The van der Waals surface area contributed by atoms with Gasteiger partial charge < -0.3 is 15.2 Å².